The molecule has 0 saturated carbocycles. The summed E-state index contributed by atoms with van der Waals surface area (Å²) in [6.07, 6.45) is -1.57. The molecule has 0 atom stereocenters. The first-order valence-electron chi connectivity index (χ1n) is 4.89. The maximum atomic E-state index is 12.2. The lowest BCUT2D eigenvalue weighted by atomic mass is 10.1. The summed E-state index contributed by atoms with van der Waals surface area (Å²) in [4.78, 5) is 1.39. The molecule has 1 aromatic rings. The Morgan fingerprint density at radius 2 is 2.25 bits per heavy atom. The van der Waals surface area contributed by atoms with Crippen molar-refractivity contribution in [1.29, 1.82) is 0 Å². The third-order valence-corrected chi connectivity index (χ3v) is 3.30. The number of thioether (sulfide) groups is 1. The lowest BCUT2D eigenvalue weighted by Crippen LogP contribution is -2.37. The van der Waals surface area contributed by atoms with Crippen LogP contribution >= 0.6 is 11.8 Å². The number of aromatic nitrogens is 2. The molecular weight excluding hydrogens is 239 g/mol. The molecule has 0 unspecified atom stereocenters. The molecule has 1 aromatic heterocycles. The summed E-state index contributed by atoms with van der Waals surface area (Å²) >= 11 is 1.52. The molecule has 1 aliphatic heterocycles. The Labute approximate surface area is 95.4 Å². The summed E-state index contributed by atoms with van der Waals surface area (Å²) in [6, 6.07) is 0. The van der Waals surface area contributed by atoms with Crippen LogP contribution in [-0.2, 0) is 13.0 Å². The maximum Gasteiger partial charge on any atom is 0.401 e. The van der Waals surface area contributed by atoms with Crippen molar-refractivity contribution in [3.63, 3.8) is 0 Å². The van der Waals surface area contributed by atoms with Gasteiger partial charge in [0.15, 0.2) is 0 Å². The van der Waals surface area contributed by atoms with Crippen LogP contribution in [0.2, 0.25) is 0 Å². The first-order valence-corrected chi connectivity index (χ1v) is 6.11. The average Bonchev–Trinajstić information content (AvgIpc) is 2.57. The number of hydrogen-bond acceptors (Lipinski definition) is 3. The number of rotatable bonds is 2. The van der Waals surface area contributed by atoms with Crippen molar-refractivity contribution in [1.82, 2.24) is 15.1 Å². The highest BCUT2D eigenvalue weighted by Gasteiger charge is 2.33. The van der Waals surface area contributed by atoms with Gasteiger partial charge >= 0.3 is 6.18 Å². The van der Waals surface area contributed by atoms with Crippen molar-refractivity contribution in [2.24, 2.45) is 0 Å². The molecule has 2 rings (SSSR count). The van der Waals surface area contributed by atoms with Crippen molar-refractivity contribution in [3.8, 4) is 0 Å². The van der Waals surface area contributed by atoms with Gasteiger partial charge in [-0.25, -0.2) is 0 Å². The first kappa shape index (κ1) is 11.8. The third-order valence-electron chi connectivity index (χ3n) is 2.57. The van der Waals surface area contributed by atoms with Crippen molar-refractivity contribution in [2.45, 2.75) is 24.2 Å². The van der Waals surface area contributed by atoms with Crippen LogP contribution in [0.5, 0.6) is 0 Å². The highest BCUT2D eigenvalue weighted by molar-refractivity contribution is 7.98. The van der Waals surface area contributed by atoms with Crippen LogP contribution in [0.1, 0.15) is 11.3 Å². The zero-order valence-corrected chi connectivity index (χ0v) is 9.58. The largest absolute Gasteiger partial charge is 0.401 e. The summed E-state index contributed by atoms with van der Waals surface area (Å²) in [5.41, 5.74) is 1.89. The van der Waals surface area contributed by atoms with Crippen LogP contribution in [-0.4, -0.2) is 40.6 Å². The number of alkyl halides is 3. The second-order valence-corrected chi connectivity index (χ2v) is 4.56. The molecule has 7 heteroatoms. The lowest BCUT2D eigenvalue weighted by Gasteiger charge is -2.27. The summed E-state index contributed by atoms with van der Waals surface area (Å²) in [6.45, 7) is -0.0952. The number of nitrogens with one attached hydrogen (secondary N) is 1. The van der Waals surface area contributed by atoms with Gasteiger partial charge in [-0.05, 0) is 12.7 Å². The normalized spacial score (nSPS) is 17.5. The smallest absolute Gasteiger partial charge is 0.289 e. The van der Waals surface area contributed by atoms with E-state index in [0.717, 1.165) is 16.3 Å². The van der Waals surface area contributed by atoms with Gasteiger partial charge in [0.05, 0.1) is 12.2 Å². The highest BCUT2D eigenvalue weighted by atomic mass is 32.2. The Balaban J connectivity index is 2.07. The highest BCUT2D eigenvalue weighted by Crippen LogP contribution is 2.27. The van der Waals surface area contributed by atoms with Gasteiger partial charge in [0.1, 0.15) is 5.03 Å². The van der Waals surface area contributed by atoms with Crippen molar-refractivity contribution >= 4 is 11.8 Å². The van der Waals surface area contributed by atoms with E-state index in [1.807, 2.05) is 6.26 Å². The number of fused-ring (bicyclic) bond motifs is 1. The molecule has 0 aromatic carbocycles. The summed E-state index contributed by atoms with van der Waals surface area (Å²) in [5, 5.41) is 7.79. The van der Waals surface area contributed by atoms with E-state index in [0.29, 0.717) is 19.5 Å². The molecule has 1 N–H and O–H groups in total. The fourth-order valence-electron chi connectivity index (χ4n) is 1.90. The van der Waals surface area contributed by atoms with E-state index in [1.165, 1.54) is 16.7 Å². The Bertz CT molecular complexity index is 375. The monoisotopic (exact) mass is 251 g/mol. The van der Waals surface area contributed by atoms with Gasteiger partial charge in [0.2, 0.25) is 0 Å². The van der Waals surface area contributed by atoms with E-state index in [9.17, 15) is 13.2 Å². The van der Waals surface area contributed by atoms with Crippen molar-refractivity contribution in [2.75, 3.05) is 19.3 Å². The quantitative estimate of drug-likeness (QED) is 0.816. The summed E-state index contributed by atoms with van der Waals surface area (Å²) in [5.74, 6) is 0. The second kappa shape index (κ2) is 4.29. The number of halogens is 3. The average molecular weight is 251 g/mol. The zero-order chi connectivity index (χ0) is 11.8. The minimum Gasteiger partial charge on any atom is -0.289 e. The fraction of sp³-hybridized carbons (Fsp3) is 0.667. The topological polar surface area (TPSA) is 31.9 Å². The van der Waals surface area contributed by atoms with Gasteiger partial charge in [-0.2, -0.15) is 18.3 Å². The fourth-order valence-corrected chi connectivity index (χ4v) is 2.51. The second-order valence-electron chi connectivity index (χ2n) is 3.77. The van der Waals surface area contributed by atoms with Crippen molar-refractivity contribution in [3.05, 3.63) is 11.3 Å². The van der Waals surface area contributed by atoms with E-state index < -0.39 is 12.7 Å². The first-order chi connectivity index (χ1) is 7.49. The zero-order valence-electron chi connectivity index (χ0n) is 8.76. The molecule has 1 aliphatic rings. The molecule has 0 radical (unpaired) electrons. The Kier molecular flexibility index (Phi) is 3.16. The van der Waals surface area contributed by atoms with Crippen LogP contribution < -0.4 is 0 Å². The summed E-state index contributed by atoms with van der Waals surface area (Å²) in [7, 11) is 0. The molecule has 2 heterocycles. The Morgan fingerprint density at radius 1 is 1.50 bits per heavy atom. The molecule has 0 spiro atoms. The molecule has 16 heavy (non-hydrogen) atoms. The number of nitrogens with zero attached hydrogens (tertiary/aromatic N) is 2. The Hall–Kier alpha value is -0.690. The van der Waals surface area contributed by atoms with E-state index in [2.05, 4.69) is 10.2 Å². The van der Waals surface area contributed by atoms with Gasteiger partial charge in [0.25, 0.3) is 0 Å². The molecule has 90 valence electrons. The molecule has 0 aliphatic carbocycles. The van der Waals surface area contributed by atoms with Crippen LogP contribution in [0.3, 0.4) is 0 Å². The van der Waals surface area contributed by atoms with Crippen molar-refractivity contribution < 1.29 is 13.2 Å². The predicted molar refractivity (Wildman–Crippen MR) is 55.4 cm³/mol. The van der Waals surface area contributed by atoms with Crippen LogP contribution in [0.25, 0.3) is 0 Å². The predicted octanol–water partition coefficient (Wildman–Crippen LogP) is 2.05. The SMILES string of the molecule is CSc1n[nH]c2c1CCN(CC(F)(F)F)C2. The van der Waals surface area contributed by atoms with Gasteiger partial charge in [-0.1, -0.05) is 0 Å². The Morgan fingerprint density at radius 3 is 2.88 bits per heavy atom. The molecule has 0 saturated heterocycles. The molecule has 0 fully saturated rings. The van der Waals surface area contributed by atoms with Gasteiger partial charge in [0, 0.05) is 18.7 Å². The standard InChI is InChI=1S/C9H12F3N3S/c1-16-8-6-2-3-15(5-9(10,11)12)4-7(6)13-14-8/h2-5H2,1H3,(H,13,14). The maximum absolute atomic E-state index is 12.2. The lowest BCUT2D eigenvalue weighted by molar-refractivity contribution is -0.147. The van der Waals surface area contributed by atoms with Gasteiger partial charge in [-0.15, -0.1) is 11.8 Å². The number of hydrogen-bond donors (Lipinski definition) is 1. The number of aromatic amines is 1. The van der Waals surface area contributed by atoms with Gasteiger partial charge < -0.3 is 0 Å². The van der Waals surface area contributed by atoms with E-state index in [4.69, 9.17) is 0 Å². The number of H-pyrrole nitrogens is 1. The molecule has 3 nitrogen and oxygen atoms in total. The third kappa shape index (κ3) is 2.52. The van der Waals surface area contributed by atoms with E-state index in [1.54, 1.807) is 0 Å². The van der Waals surface area contributed by atoms with E-state index >= 15 is 0 Å². The minimum absolute atomic E-state index is 0.308. The summed E-state index contributed by atoms with van der Waals surface area (Å²) < 4.78 is 36.6. The van der Waals surface area contributed by atoms with Gasteiger partial charge in [-0.3, -0.25) is 10.00 Å². The van der Waals surface area contributed by atoms with Crippen LogP contribution in [0.15, 0.2) is 5.03 Å². The molecule has 0 amide bonds. The van der Waals surface area contributed by atoms with Crippen LogP contribution in [0.4, 0.5) is 13.2 Å². The molecular formula is C9H12F3N3S. The van der Waals surface area contributed by atoms with Crippen LogP contribution in [0, 0.1) is 0 Å². The molecule has 0 bridgehead atoms. The minimum atomic E-state index is -4.13. The van der Waals surface area contributed by atoms with E-state index in [-0.39, 0.29) is 0 Å².